The number of benzene rings is 2. The van der Waals surface area contributed by atoms with Crippen LogP contribution in [0.25, 0.3) is 17.1 Å². The van der Waals surface area contributed by atoms with Gasteiger partial charge in [-0.1, -0.05) is 11.8 Å². The highest BCUT2D eigenvalue weighted by Crippen LogP contribution is 2.33. The smallest absolute Gasteiger partial charge is 0.196 e. The highest BCUT2D eigenvalue weighted by atomic mass is 32.2. The van der Waals surface area contributed by atoms with Crippen LogP contribution < -0.4 is 9.47 Å². The second-order valence-electron chi connectivity index (χ2n) is 7.18. The number of Topliss-reactive ketones (excluding diaryl/α,β-unsaturated/α-hetero) is 1. The molecular formula is C25H24N4O3S. The van der Waals surface area contributed by atoms with E-state index in [4.69, 9.17) is 9.47 Å². The molecule has 33 heavy (non-hydrogen) atoms. The van der Waals surface area contributed by atoms with E-state index in [1.807, 2.05) is 60.0 Å². The Kier molecular flexibility index (Phi) is 7.04. The molecule has 2 aromatic heterocycles. The van der Waals surface area contributed by atoms with Crippen molar-refractivity contribution >= 4 is 17.5 Å². The summed E-state index contributed by atoms with van der Waals surface area (Å²) in [5.74, 6) is 2.84. The molecule has 4 rings (SSSR count). The third-order valence-corrected chi connectivity index (χ3v) is 6.00. The number of aromatic nitrogens is 4. The largest absolute Gasteiger partial charge is 0.497 e. The van der Waals surface area contributed by atoms with Crippen LogP contribution >= 0.6 is 11.8 Å². The fraction of sp³-hybridized carbons (Fsp3) is 0.200. The number of pyridine rings is 1. The quantitative estimate of drug-likeness (QED) is 0.250. The van der Waals surface area contributed by atoms with Gasteiger partial charge in [0.1, 0.15) is 11.5 Å². The summed E-state index contributed by atoms with van der Waals surface area (Å²) in [6.07, 6.45) is 3.47. The molecule has 8 heteroatoms. The number of methoxy groups -OCH3 is 1. The zero-order valence-corrected chi connectivity index (χ0v) is 19.5. The first-order chi connectivity index (χ1) is 16.1. The predicted octanol–water partition coefficient (Wildman–Crippen LogP) is 5.23. The first-order valence-corrected chi connectivity index (χ1v) is 11.5. The number of carbonyl (C=O) groups excluding carboxylic acids is 1. The molecule has 0 aliphatic heterocycles. The van der Waals surface area contributed by atoms with Gasteiger partial charge in [-0.25, -0.2) is 0 Å². The van der Waals surface area contributed by atoms with Crippen LogP contribution in [0.1, 0.15) is 29.8 Å². The van der Waals surface area contributed by atoms with Crippen LogP contribution in [0, 0.1) is 0 Å². The average Bonchev–Trinajstić information content (AvgIpc) is 3.28. The van der Waals surface area contributed by atoms with Gasteiger partial charge in [0.15, 0.2) is 16.8 Å². The molecule has 0 amide bonds. The maximum Gasteiger partial charge on any atom is 0.196 e. The minimum Gasteiger partial charge on any atom is -0.497 e. The molecule has 0 N–H and O–H groups in total. The van der Waals surface area contributed by atoms with E-state index in [0.717, 1.165) is 33.5 Å². The van der Waals surface area contributed by atoms with E-state index in [0.29, 0.717) is 23.7 Å². The lowest BCUT2D eigenvalue weighted by atomic mass is 10.1. The summed E-state index contributed by atoms with van der Waals surface area (Å²) in [7, 11) is 1.64. The highest BCUT2D eigenvalue weighted by Gasteiger charge is 2.18. The van der Waals surface area contributed by atoms with E-state index < -0.39 is 0 Å². The Morgan fingerprint density at radius 1 is 1.03 bits per heavy atom. The zero-order valence-electron chi connectivity index (χ0n) is 18.7. The number of nitrogens with zero attached hydrogens (tertiary/aromatic N) is 4. The monoisotopic (exact) mass is 460 g/mol. The van der Waals surface area contributed by atoms with Gasteiger partial charge in [-0.05, 0) is 68.4 Å². The molecule has 0 unspecified atom stereocenters. The van der Waals surface area contributed by atoms with E-state index in [2.05, 4.69) is 15.2 Å². The third-order valence-electron chi connectivity index (χ3n) is 5.03. The van der Waals surface area contributed by atoms with Crippen molar-refractivity contribution in [3.63, 3.8) is 0 Å². The van der Waals surface area contributed by atoms with Crippen molar-refractivity contribution in [3.8, 4) is 28.6 Å². The lowest BCUT2D eigenvalue weighted by Gasteiger charge is -2.13. The zero-order chi connectivity index (χ0) is 23.2. The molecule has 7 nitrogen and oxygen atoms in total. The molecule has 168 valence electrons. The van der Waals surface area contributed by atoms with Gasteiger partial charge in [0.05, 0.1) is 13.7 Å². The van der Waals surface area contributed by atoms with Crippen LogP contribution in [0.5, 0.6) is 11.5 Å². The van der Waals surface area contributed by atoms with Crippen LogP contribution in [-0.2, 0) is 5.75 Å². The second-order valence-corrected chi connectivity index (χ2v) is 8.12. The maximum absolute atomic E-state index is 11.9. The van der Waals surface area contributed by atoms with Crippen molar-refractivity contribution in [3.05, 3.63) is 78.1 Å². The number of ketones is 1. The van der Waals surface area contributed by atoms with Gasteiger partial charge in [0, 0.05) is 40.5 Å². The fourth-order valence-corrected chi connectivity index (χ4v) is 4.30. The molecule has 0 spiro atoms. The van der Waals surface area contributed by atoms with Crippen molar-refractivity contribution in [1.29, 1.82) is 0 Å². The van der Waals surface area contributed by atoms with Crippen molar-refractivity contribution in [2.24, 2.45) is 0 Å². The lowest BCUT2D eigenvalue weighted by molar-refractivity contribution is 0.101. The van der Waals surface area contributed by atoms with E-state index in [1.54, 1.807) is 32.5 Å². The highest BCUT2D eigenvalue weighted by molar-refractivity contribution is 7.98. The lowest BCUT2D eigenvalue weighted by Crippen LogP contribution is -2.02. The first kappa shape index (κ1) is 22.5. The van der Waals surface area contributed by atoms with E-state index in [-0.39, 0.29) is 5.78 Å². The molecular weight excluding hydrogens is 436 g/mol. The third kappa shape index (κ3) is 5.06. The molecule has 0 atom stereocenters. The van der Waals surface area contributed by atoms with Gasteiger partial charge in [-0.15, -0.1) is 10.2 Å². The van der Waals surface area contributed by atoms with Crippen molar-refractivity contribution < 1.29 is 14.3 Å². The summed E-state index contributed by atoms with van der Waals surface area (Å²) in [6, 6.07) is 17.1. The molecule has 0 aliphatic carbocycles. The van der Waals surface area contributed by atoms with Crippen molar-refractivity contribution in [1.82, 2.24) is 19.7 Å². The fourth-order valence-electron chi connectivity index (χ4n) is 3.37. The summed E-state index contributed by atoms with van der Waals surface area (Å²) in [5, 5.41) is 9.67. The first-order valence-electron chi connectivity index (χ1n) is 10.5. The normalized spacial score (nSPS) is 10.8. The Bertz CT molecular complexity index is 1240. The van der Waals surface area contributed by atoms with Gasteiger partial charge in [0.2, 0.25) is 0 Å². The van der Waals surface area contributed by atoms with Crippen molar-refractivity contribution in [2.75, 3.05) is 13.7 Å². The number of thioether (sulfide) groups is 1. The van der Waals surface area contributed by atoms with E-state index >= 15 is 0 Å². The minimum absolute atomic E-state index is 0.0191. The topological polar surface area (TPSA) is 79.1 Å². The predicted molar refractivity (Wildman–Crippen MR) is 128 cm³/mol. The summed E-state index contributed by atoms with van der Waals surface area (Å²) >= 11 is 1.53. The Morgan fingerprint density at radius 3 is 2.45 bits per heavy atom. The summed E-state index contributed by atoms with van der Waals surface area (Å²) in [5.41, 5.74) is 3.42. The summed E-state index contributed by atoms with van der Waals surface area (Å²) < 4.78 is 13.1. The Labute approximate surface area is 196 Å². The molecule has 0 saturated carbocycles. The Balaban J connectivity index is 1.72. The number of hydrogen-bond acceptors (Lipinski definition) is 7. The molecule has 2 aromatic carbocycles. The summed E-state index contributed by atoms with van der Waals surface area (Å²) in [6.45, 7) is 4.05. The average molecular weight is 461 g/mol. The van der Waals surface area contributed by atoms with E-state index in [9.17, 15) is 4.79 Å². The SMILES string of the molecule is CCOc1ccc(C(C)=O)cc1CSc1nnc(-c2ccncc2)n1-c1ccc(OC)cc1. The number of carbonyl (C=O) groups is 1. The molecule has 0 aliphatic rings. The van der Waals surface area contributed by atoms with Crippen LogP contribution in [0.4, 0.5) is 0 Å². The number of hydrogen-bond donors (Lipinski definition) is 0. The van der Waals surface area contributed by atoms with Gasteiger partial charge in [-0.2, -0.15) is 0 Å². The maximum atomic E-state index is 11.9. The molecule has 0 saturated heterocycles. The minimum atomic E-state index is 0.0191. The van der Waals surface area contributed by atoms with Gasteiger partial charge in [-0.3, -0.25) is 14.3 Å². The Hall–Kier alpha value is -3.65. The van der Waals surface area contributed by atoms with Gasteiger partial charge in [0.25, 0.3) is 0 Å². The van der Waals surface area contributed by atoms with Gasteiger partial charge < -0.3 is 9.47 Å². The Morgan fingerprint density at radius 2 is 1.79 bits per heavy atom. The van der Waals surface area contributed by atoms with Crippen molar-refractivity contribution in [2.45, 2.75) is 24.8 Å². The van der Waals surface area contributed by atoms with Crippen LogP contribution in [0.15, 0.2) is 72.1 Å². The molecule has 0 bridgehead atoms. The van der Waals surface area contributed by atoms with E-state index in [1.165, 1.54) is 11.8 Å². The molecule has 2 heterocycles. The summed E-state index contributed by atoms with van der Waals surface area (Å²) in [4.78, 5) is 16.0. The molecule has 0 radical (unpaired) electrons. The number of ether oxygens (including phenoxy) is 2. The second kappa shape index (κ2) is 10.3. The van der Waals surface area contributed by atoms with Crippen LogP contribution in [0.3, 0.4) is 0 Å². The molecule has 4 aromatic rings. The van der Waals surface area contributed by atoms with Crippen LogP contribution in [-0.4, -0.2) is 39.2 Å². The van der Waals surface area contributed by atoms with Gasteiger partial charge >= 0.3 is 0 Å². The molecule has 0 fully saturated rings. The van der Waals surface area contributed by atoms with Crippen LogP contribution in [0.2, 0.25) is 0 Å². The standard InChI is InChI=1S/C25H24N4O3S/c1-4-32-23-10-5-19(17(2)30)15-20(23)16-33-25-28-27-24(18-11-13-26-14-12-18)29(25)21-6-8-22(31-3)9-7-21/h5-15H,4,16H2,1-3H3. The number of rotatable bonds is 9.